The van der Waals surface area contributed by atoms with Crippen LogP contribution in [0, 0.1) is 0 Å². The van der Waals surface area contributed by atoms with Crippen molar-refractivity contribution in [3.8, 4) is 11.4 Å². The highest BCUT2D eigenvalue weighted by Crippen LogP contribution is 2.20. The van der Waals surface area contributed by atoms with E-state index in [-0.39, 0.29) is 11.7 Å². The van der Waals surface area contributed by atoms with Crippen LogP contribution in [0.2, 0.25) is 0 Å². The molecule has 23 heavy (non-hydrogen) atoms. The molecule has 0 spiro atoms. The Kier molecular flexibility index (Phi) is 4.47. The summed E-state index contributed by atoms with van der Waals surface area (Å²) in [5.41, 5.74) is 3.37. The molecule has 0 aliphatic carbocycles. The van der Waals surface area contributed by atoms with Crippen LogP contribution in [0.25, 0.3) is 5.69 Å². The maximum Gasteiger partial charge on any atom is 0.249 e. The number of methoxy groups -OCH3 is 1. The van der Waals surface area contributed by atoms with Gasteiger partial charge < -0.3 is 4.74 Å². The first-order valence-electron chi connectivity index (χ1n) is 6.46. The SMILES string of the molecule is COc1ccc(-n2nnnc2SCC(=O)Nn2cnnc2)cc1. The minimum Gasteiger partial charge on any atom is -0.497 e. The molecule has 3 aromatic rings. The van der Waals surface area contributed by atoms with Gasteiger partial charge in [-0.3, -0.25) is 10.2 Å². The molecule has 0 bridgehead atoms. The van der Waals surface area contributed by atoms with Gasteiger partial charge in [-0.2, -0.15) is 4.68 Å². The summed E-state index contributed by atoms with van der Waals surface area (Å²) < 4.78 is 8.04. The van der Waals surface area contributed by atoms with Gasteiger partial charge in [0.15, 0.2) is 0 Å². The molecule has 1 N–H and O–H groups in total. The molecule has 3 rings (SSSR count). The molecule has 11 heteroatoms. The molecule has 0 radical (unpaired) electrons. The van der Waals surface area contributed by atoms with Gasteiger partial charge in [0.25, 0.3) is 0 Å². The summed E-state index contributed by atoms with van der Waals surface area (Å²) in [7, 11) is 1.60. The number of benzene rings is 1. The van der Waals surface area contributed by atoms with Crippen LogP contribution < -0.4 is 10.2 Å². The summed E-state index contributed by atoms with van der Waals surface area (Å²) in [4.78, 5) is 11.8. The molecule has 118 valence electrons. The normalized spacial score (nSPS) is 10.5. The summed E-state index contributed by atoms with van der Waals surface area (Å²) in [5.74, 6) is 0.665. The minimum absolute atomic E-state index is 0.148. The molecule has 0 atom stereocenters. The lowest BCUT2D eigenvalue weighted by Crippen LogP contribution is -2.23. The second-order valence-corrected chi connectivity index (χ2v) is 5.21. The van der Waals surface area contributed by atoms with E-state index in [1.54, 1.807) is 11.8 Å². The molecule has 10 nitrogen and oxygen atoms in total. The zero-order valence-electron chi connectivity index (χ0n) is 12.0. The number of hydrogen-bond acceptors (Lipinski definition) is 8. The quantitative estimate of drug-likeness (QED) is 0.634. The summed E-state index contributed by atoms with van der Waals surface area (Å²) in [6.45, 7) is 0. The molecule has 2 aromatic heterocycles. The number of carbonyl (C=O) groups is 1. The number of tetrazole rings is 1. The van der Waals surface area contributed by atoms with Crippen LogP contribution in [0.4, 0.5) is 0 Å². The Hall–Kier alpha value is -2.95. The van der Waals surface area contributed by atoms with Gasteiger partial charge in [-0.05, 0) is 34.7 Å². The molecule has 1 amide bonds. The summed E-state index contributed by atoms with van der Waals surface area (Å²) in [5, 5.41) is 19.2. The largest absolute Gasteiger partial charge is 0.497 e. The molecule has 1 aromatic carbocycles. The first kappa shape index (κ1) is 15.0. The van der Waals surface area contributed by atoms with Gasteiger partial charge in [0, 0.05) is 0 Å². The standard InChI is InChI=1S/C12H12N8O2S/c1-22-10-4-2-9(3-5-10)20-12(15-17-18-20)23-6-11(21)16-19-7-13-14-8-19/h2-5,7-8H,6H2,1H3,(H,16,21). The molecule has 0 saturated heterocycles. The zero-order valence-corrected chi connectivity index (χ0v) is 12.8. The smallest absolute Gasteiger partial charge is 0.249 e. The van der Waals surface area contributed by atoms with Crippen molar-refractivity contribution in [2.75, 3.05) is 18.3 Å². The van der Waals surface area contributed by atoms with Crippen molar-refractivity contribution < 1.29 is 9.53 Å². The van der Waals surface area contributed by atoms with Crippen molar-refractivity contribution in [3.63, 3.8) is 0 Å². The number of nitrogens with zero attached hydrogens (tertiary/aromatic N) is 7. The average Bonchev–Trinajstić information content (AvgIpc) is 3.24. The third kappa shape index (κ3) is 3.63. The van der Waals surface area contributed by atoms with Crippen molar-refractivity contribution >= 4 is 17.7 Å². The second-order valence-electron chi connectivity index (χ2n) is 4.26. The van der Waals surface area contributed by atoms with E-state index in [1.807, 2.05) is 24.3 Å². The van der Waals surface area contributed by atoms with Crippen molar-refractivity contribution in [2.45, 2.75) is 5.16 Å². The Morgan fingerprint density at radius 3 is 2.70 bits per heavy atom. The van der Waals surface area contributed by atoms with Crippen molar-refractivity contribution in [1.82, 2.24) is 35.1 Å². The molecule has 2 heterocycles. The van der Waals surface area contributed by atoms with Gasteiger partial charge >= 0.3 is 0 Å². The van der Waals surface area contributed by atoms with Crippen molar-refractivity contribution in [3.05, 3.63) is 36.9 Å². The van der Waals surface area contributed by atoms with Crippen LogP contribution in [0.15, 0.2) is 42.1 Å². The van der Waals surface area contributed by atoms with Crippen LogP contribution in [0.5, 0.6) is 5.75 Å². The van der Waals surface area contributed by atoms with Crippen LogP contribution in [0.3, 0.4) is 0 Å². The third-order valence-electron chi connectivity index (χ3n) is 2.76. The number of thioether (sulfide) groups is 1. The Labute approximate surface area is 134 Å². The van der Waals surface area contributed by atoms with E-state index in [1.165, 1.54) is 29.1 Å². The highest BCUT2D eigenvalue weighted by atomic mass is 32.2. The number of aromatic nitrogens is 7. The van der Waals surface area contributed by atoms with Gasteiger partial charge in [-0.1, -0.05) is 11.8 Å². The fraction of sp³-hybridized carbons (Fsp3) is 0.167. The van der Waals surface area contributed by atoms with E-state index in [2.05, 4.69) is 31.1 Å². The maximum absolute atomic E-state index is 11.8. The fourth-order valence-corrected chi connectivity index (χ4v) is 2.40. The Bertz CT molecular complexity index is 771. The van der Waals surface area contributed by atoms with E-state index in [0.717, 1.165) is 11.4 Å². The molecule has 0 saturated carbocycles. The summed E-state index contributed by atoms with van der Waals surface area (Å²) >= 11 is 1.22. The fourth-order valence-electron chi connectivity index (χ4n) is 1.72. The maximum atomic E-state index is 11.8. The van der Waals surface area contributed by atoms with Gasteiger partial charge in [0.05, 0.1) is 18.6 Å². The number of hydrogen-bond donors (Lipinski definition) is 1. The Morgan fingerprint density at radius 2 is 2.00 bits per heavy atom. The minimum atomic E-state index is -0.223. The molecule has 0 fully saturated rings. The average molecular weight is 332 g/mol. The van der Waals surface area contributed by atoms with Gasteiger partial charge in [-0.25, -0.2) is 4.68 Å². The lowest BCUT2D eigenvalue weighted by atomic mass is 10.3. The highest BCUT2D eigenvalue weighted by molar-refractivity contribution is 7.99. The van der Waals surface area contributed by atoms with Crippen molar-refractivity contribution in [2.24, 2.45) is 0 Å². The first-order chi connectivity index (χ1) is 11.3. The lowest BCUT2D eigenvalue weighted by Gasteiger charge is -2.06. The molecule has 0 unspecified atom stereocenters. The first-order valence-corrected chi connectivity index (χ1v) is 7.45. The second kappa shape index (κ2) is 6.87. The van der Waals surface area contributed by atoms with Crippen molar-refractivity contribution in [1.29, 1.82) is 0 Å². The van der Waals surface area contributed by atoms with Gasteiger partial charge in [0.1, 0.15) is 18.4 Å². The molecule has 0 aliphatic heterocycles. The molecular weight excluding hydrogens is 320 g/mol. The van der Waals surface area contributed by atoms with Crippen LogP contribution >= 0.6 is 11.8 Å². The topological polar surface area (TPSA) is 113 Å². The number of amides is 1. The zero-order chi connectivity index (χ0) is 16.1. The third-order valence-corrected chi connectivity index (χ3v) is 3.68. The summed E-state index contributed by atoms with van der Waals surface area (Å²) in [6, 6.07) is 7.28. The predicted octanol–water partition coefficient (Wildman–Crippen LogP) is 0.125. The Balaban J connectivity index is 1.65. The predicted molar refractivity (Wildman–Crippen MR) is 80.8 cm³/mol. The van der Waals surface area contributed by atoms with E-state index in [4.69, 9.17) is 4.74 Å². The molecular formula is C12H12N8O2S. The van der Waals surface area contributed by atoms with Gasteiger partial charge in [0.2, 0.25) is 11.1 Å². The van der Waals surface area contributed by atoms with E-state index in [0.29, 0.717) is 5.16 Å². The van der Waals surface area contributed by atoms with Crippen LogP contribution in [0.1, 0.15) is 0 Å². The lowest BCUT2D eigenvalue weighted by molar-refractivity contribution is -0.114. The Morgan fingerprint density at radius 1 is 1.26 bits per heavy atom. The van der Waals surface area contributed by atoms with E-state index in [9.17, 15) is 4.79 Å². The number of carbonyl (C=O) groups excluding carboxylic acids is 1. The molecule has 0 aliphatic rings. The van der Waals surface area contributed by atoms with Crippen LogP contribution in [-0.4, -0.2) is 53.9 Å². The van der Waals surface area contributed by atoms with Gasteiger partial charge in [-0.15, -0.1) is 15.3 Å². The monoisotopic (exact) mass is 332 g/mol. The van der Waals surface area contributed by atoms with Crippen LogP contribution in [-0.2, 0) is 4.79 Å². The highest BCUT2D eigenvalue weighted by Gasteiger charge is 2.12. The van der Waals surface area contributed by atoms with E-state index >= 15 is 0 Å². The number of nitrogens with one attached hydrogen (secondary N) is 1. The number of ether oxygens (including phenoxy) is 1. The number of rotatable bonds is 6. The van der Waals surface area contributed by atoms with E-state index < -0.39 is 0 Å². The summed E-state index contributed by atoms with van der Waals surface area (Å²) in [6.07, 6.45) is 2.79.